The molecule has 8 nitrogen and oxygen atoms in total. The molecule has 3 aliphatic rings. The molecule has 3 saturated carbocycles. The Balaban J connectivity index is 1.12. The van der Waals surface area contributed by atoms with Crippen molar-refractivity contribution in [2.45, 2.75) is 108 Å². The lowest BCUT2D eigenvalue weighted by Crippen LogP contribution is -2.51. The van der Waals surface area contributed by atoms with Crippen molar-refractivity contribution < 1.29 is 24.2 Å². The van der Waals surface area contributed by atoms with E-state index in [4.69, 9.17) is 4.42 Å². The van der Waals surface area contributed by atoms with E-state index < -0.39 is 18.2 Å². The van der Waals surface area contributed by atoms with Gasteiger partial charge in [0.2, 0.25) is 0 Å². The van der Waals surface area contributed by atoms with E-state index in [9.17, 15) is 19.8 Å². The number of hydrogen-bond acceptors (Lipinski definition) is 6. The van der Waals surface area contributed by atoms with E-state index in [0.717, 1.165) is 56.4 Å². The first kappa shape index (κ1) is 30.5. The van der Waals surface area contributed by atoms with Crippen LogP contribution in [-0.4, -0.2) is 45.3 Å². The number of anilines is 1. The first-order valence-corrected chi connectivity index (χ1v) is 16.4. The van der Waals surface area contributed by atoms with Gasteiger partial charge in [-0.25, -0.2) is 4.98 Å². The molecular formula is C36H45N3O5. The smallest absolute Gasteiger partial charge is 0.277 e. The molecule has 44 heavy (non-hydrogen) atoms. The molecule has 0 bridgehead atoms. The topological polar surface area (TPSA) is 125 Å². The molecule has 8 heteroatoms. The number of carbonyl (C=O) groups excluding carboxylic acids is 2. The molecule has 3 aliphatic carbocycles. The van der Waals surface area contributed by atoms with Gasteiger partial charge in [-0.15, -0.1) is 0 Å². The number of aromatic nitrogens is 1. The number of aliphatic hydroxyl groups excluding tert-OH is 2. The van der Waals surface area contributed by atoms with E-state index in [1.54, 1.807) is 12.1 Å². The molecule has 3 aromatic rings. The summed E-state index contributed by atoms with van der Waals surface area (Å²) < 4.78 is 5.55. The van der Waals surface area contributed by atoms with E-state index in [0.29, 0.717) is 41.8 Å². The maximum absolute atomic E-state index is 13.3. The van der Waals surface area contributed by atoms with Crippen molar-refractivity contribution in [2.24, 2.45) is 11.8 Å². The highest BCUT2D eigenvalue weighted by molar-refractivity contribution is 6.04. The Morgan fingerprint density at radius 3 is 2.45 bits per heavy atom. The van der Waals surface area contributed by atoms with Crippen molar-refractivity contribution >= 4 is 17.5 Å². The number of nitrogens with zero attached hydrogens (tertiary/aromatic N) is 1. The predicted molar refractivity (Wildman–Crippen MR) is 169 cm³/mol. The van der Waals surface area contributed by atoms with Crippen LogP contribution in [0, 0.1) is 18.8 Å². The summed E-state index contributed by atoms with van der Waals surface area (Å²) in [6.07, 6.45) is 11.4. The van der Waals surface area contributed by atoms with Crippen LogP contribution in [0.1, 0.15) is 114 Å². The normalized spacial score (nSPS) is 25.4. The van der Waals surface area contributed by atoms with E-state index in [1.165, 1.54) is 36.7 Å². The number of carbonyl (C=O) groups is 2. The third-order valence-electron chi connectivity index (χ3n) is 10.00. The maximum atomic E-state index is 13.3. The molecule has 234 valence electrons. The van der Waals surface area contributed by atoms with Gasteiger partial charge in [0, 0.05) is 17.2 Å². The fourth-order valence-electron chi connectivity index (χ4n) is 6.96. The van der Waals surface area contributed by atoms with Crippen LogP contribution in [0.2, 0.25) is 0 Å². The molecule has 0 aliphatic heterocycles. The second-order valence-corrected chi connectivity index (χ2v) is 13.3. The zero-order valence-corrected chi connectivity index (χ0v) is 25.6. The number of benzene rings is 2. The summed E-state index contributed by atoms with van der Waals surface area (Å²) in [6, 6.07) is 13.6. The molecule has 0 saturated heterocycles. The minimum Gasteiger partial charge on any atom is -0.448 e. The molecule has 0 spiro atoms. The van der Waals surface area contributed by atoms with Crippen LogP contribution in [-0.2, 0) is 12.8 Å². The van der Waals surface area contributed by atoms with Gasteiger partial charge in [-0.3, -0.25) is 9.59 Å². The lowest BCUT2D eigenvalue weighted by molar-refractivity contribution is -0.0278. The van der Waals surface area contributed by atoms with Gasteiger partial charge < -0.3 is 25.3 Å². The zero-order valence-electron chi connectivity index (χ0n) is 25.6. The van der Waals surface area contributed by atoms with Crippen LogP contribution in [0.4, 0.5) is 5.69 Å². The van der Waals surface area contributed by atoms with Gasteiger partial charge in [0.15, 0.2) is 11.6 Å². The van der Waals surface area contributed by atoms with Crippen LogP contribution >= 0.6 is 0 Å². The van der Waals surface area contributed by atoms with E-state index in [-0.39, 0.29) is 17.5 Å². The van der Waals surface area contributed by atoms with Crippen LogP contribution in [0.5, 0.6) is 0 Å². The number of rotatable bonds is 10. The Labute approximate surface area is 259 Å². The summed E-state index contributed by atoms with van der Waals surface area (Å²) in [7, 11) is 0. The highest BCUT2D eigenvalue weighted by Gasteiger charge is 2.32. The molecule has 1 aromatic heterocycles. The van der Waals surface area contributed by atoms with Gasteiger partial charge in [-0.2, -0.15) is 0 Å². The summed E-state index contributed by atoms with van der Waals surface area (Å²) >= 11 is 0. The van der Waals surface area contributed by atoms with Crippen LogP contribution in [0.3, 0.4) is 0 Å². The van der Waals surface area contributed by atoms with Crippen molar-refractivity contribution in [1.82, 2.24) is 10.3 Å². The Bertz CT molecular complexity index is 1460. The van der Waals surface area contributed by atoms with Crippen molar-refractivity contribution in [3.8, 4) is 0 Å². The van der Waals surface area contributed by atoms with Gasteiger partial charge in [-0.05, 0) is 112 Å². The summed E-state index contributed by atoms with van der Waals surface area (Å²) in [5.74, 6) is 1.46. The number of hydrogen-bond donors (Lipinski definition) is 4. The van der Waals surface area contributed by atoms with Crippen molar-refractivity contribution in [1.29, 1.82) is 0 Å². The lowest BCUT2D eigenvalue weighted by Gasteiger charge is -2.32. The third-order valence-corrected chi connectivity index (χ3v) is 10.00. The quantitative estimate of drug-likeness (QED) is 0.223. The fraction of sp³-hybridized carbons (Fsp3) is 0.528. The molecule has 4 N–H and O–H groups in total. The van der Waals surface area contributed by atoms with Crippen LogP contribution in [0.25, 0.3) is 0 Å². The van der Waals surface area contributed by atoms with Gasteiger partial charge in [0.25, 0.3) is 11.8 Å². The number of amides is 2. The monoisotopic (exact) mass is 599 g/mol. The van der Waals surface area contributed by atoms with Gasteiger partial charge in [0.05, 0.1) is 18.2 Å². The first-order chi connectivity index (χ1) is 21.3. The lowest BCUT2D eigenvalue weighted by atomic mass is 9.77. The van der Waals surface area contributed by atoms with Crippen molar-refractivity contribution in [3.63, 3.8) is 0 Å². The zero-order chi connectivity index (χ0) is 30.6. The maximum Gasteiger partial charge on any atom is 0.277 e. The Morgan fingerprint density at radius 1 is 0.909 bits per heavy atom. The Kier molecular flexibility index (Phi) is 9.47. The number of aliphatic hydroxyl groups is 2. The third kappa shape index (κ3) is 7.41. The second-order valence-electron chi connectivity index (χ2n) is 13.3. The fourth-order valence-corrected chi connectivity index (χ4v) is 6.96. The summed E-state index contributed by atoms with van der Waals surface area (Å²) in [4.78, 5) is 30.9. The van der Waals surface area contributed by atoms with Gasteiger partial charge in [-0.1, -0.05) is 43.2 Å². The van der Waals surface area contributed by atoms with Gasteiger partial charge in [0.1, 0.15) is 6.26 Å². The summed E-state index contributed by atoms with van der Waals surface area (Å²) in [5.41, 5.74) is 5.05. The van der Waals surface area contributed by atoms with E-state index >= 15 is 0 Å². The van der Waals surface area contributed by atoms with Crippen molar-refractivity contribution in [2.75, 3.05) is 5.32 Å². The molecule has 3 fully saturated rings. The largest absolute Gasteiger partial charge is 0.448 e. The number of oxazole rings is 1. The van der Waals surface area contributed by atoms with Crippen LogP contribution in [0.15, 0.2) is 53.1 Å². The average molecular weight is 600 g/mol. The predicted octanol–water partition coefficient (Wildman–Crippen LogP) is 6.10. The standard InChI is InChI=1S/C36H45N3O5/c1-22-5-2-3-6-25(22)14-13-23-9-11-24(12-10-23)19-27-17-18-28(34(42)37-29-7-4-8-32(40)33(29)41)20-30(27)38-35(43)31-21-44-36(39-31)26-15-16-26/h2-3,5-6,17-18,20-21,23-24,26,29,32-33,40-41H,4,7-16,19H2,1H3,(H,37,42)(H,38,43)/t23?,24?,29-,32-,33+/m0/s1. The van der Waals surface area contributed by atoms with Crippen molar-refractivity contribution in [3.05, 3.63) is 82.6 Å². The highest BCUT2D eigenvalue weighted by atomic mass is 16.3. The molecular weight excluding hydrogens is 554 g/mol. The first-order valence-electron chi connectivity index (χ1n) is 16.4. The molecule has 2 aromatic carbocycles. The SMILES string of the molecule is Cc1ccccc1CCC1CCC(Cc2ccc(C(=O)N[C@H]3CCC[C@H](O)[C@@H]3O)cc2NC(=O)c2coc(C3CC3)n2)CC1. The number of aryl methyl sites for hydroxylation is 2. The molecule has 0 radical (unpaired) electrons. The Hall–Kier alpha value is -3.49. The minimum absolute atomic E-state index is 0.237. The molecule has 1 heterocycles. The minimum atomic E-state index is -0.995. The average Bonchev–Trinajstić information content (AvgIpc) is 3.76. The van der Waals surface area contributed by atoms with Gasteiger partial charge >= 0.3 is 0 Å². The molecule has 2 amide bonds. The second kappa shape index (κ2) is 13.7. The Morgan fingerprint density at radius 2 is 1.68 bits per heavy atom. The van der Waals surface area contributed by atoms with E-state index in [1.807, 2.05) is 6.07 Å². The molecule has 6 rings (SSSR count). The van der Waals surface area contributed by atoms with Crippen LogP contribution < -0.4 is 10.6 Å². The highest BCUT2D eigenvalue weighted by Crippen LogP contribution is 2.39. The summed E-state index contributed by atoms with van der Waals surface area (Å²) in [6.45, 7) is 2.19. The van der Waals surface area contributed by atoms with E-state index in [2.05, 4.69) is 46.8 Å². The molecule has 0 unspecified atom stereocenters. The number of nitrogens with one attached hydrogen (secondary N) is 2. The molecule has 3 atom stereocenters. The summed E-state index contributed by atoms with van der Waals surface area (Å²) in [5, 5.41) is 26.4.